The Morgan fingerprint density at radius 1 is 0.176 bits per heavy atom. The zero-order valence-corrected chi connectivity index (χ0v) is 82.2. The van der Waals surface area contributed by atoms with Crippen LogP contribution in [0.4, 0.5) is 34.1 Å². The third kappa shape index (κ3) is 12.9. The fourth-order valence-electron chi connectivity index (χ4n) is 25.5. The van der Waals surface area contributed by atoms with E-state index in [4.69, 9.17) is 0 Å². The zero-order chi connectivity index (χ0) is 97.2. The lowest BCUT2D eigenvalue weighted by atomic mass is 9.67. The highest BCUT2D eigenvalue weighted by atomic mass is 32.1. The summed E-state index contributed by atoms with van der Waals surface area (Å²) in [5.41, 5.74) is 40.7. The average molecular weight is 1920 g/mol. The van der Waals surface area contributed by atoms with Crippen molar-refractivity contribution in [1.82, 2.24) is 9.13 Å². The summed E-state index contributed by atoms with van der Waals surface area (Å²) in [6.07, 6.45) is 0. The van der Waals surface area contributed by atoms with Crippen LogP contribution in [0.1, 0.15) is 44.5 Å². The molecule has 0 radical (unpaired) electrons. The maximum atomic E-state index is 2.53. The first-order valence-electron chi connectivity index (χ1n) is 51.1. The lowest BCUT2D eigenvalue weighted by Crippen LogP contribution is -2.28. The van der Waals surface area contributed by atoms with Crippen LogP contribution in [0.5, 0.6) is 0 Å². The van der Waals surface area contributed by atoms with Crippen molar-refractivity contribution < 1.29 is 0 Å². The molecule has 148 heavy (non-hydrogen) atoms. The van der Waals surface area contributed by atoms with Gasteiger partial charge in [-0.2, -0.15) is 0 Å². The number of benzene rings is 24. The first-order chi connectivity index (χ1) is 73.4. The van der Waals surface area contributed by atoms with E-state index < -0.39 is 10.8 Å². The highest BCUT2D eigenvalue weighted by Gasteiger charge is 2.52. The van der Waals surface area contributed by atoms with E-state index in [-0.39, 0.29) is 0 Å². The number of hydrogen-bond donors (Lipinski definition) is 0. The van der Waals surface area contributed by atoms with E-state index >= 15 is 0 Å². The molecule has 6 heteroatoms. The second kappa shape index (κ2) is 34.1. The van der Waals surface area contributed by atoms with Crippen molar-refractivity contribution in [1.29, 1.82) is 0 Å². The van der Waals surface area contributed by atoms with Gasteiger partial charge in [-0.05, 0) is 243 Å². The molecular weight excluding hydrogens is 1830 g/mol. The molecule has 24 aromatic carbocycles. The van der Waals surface area contributed by atoms with Crippen LogP contribution in [-0.4, -0.2) is 9.13 Å². The molecule has 31 rings (SSSR count). The van der Waals surface area contributed by atoms with Crippen molar-refractivity contribution in [3.05, 3.63) is 590 Å². The third-order valence-electron chi connectivity index (χ3n) is 31.9. The maximum absolute atomic E-state index is 2.53. The monoisotopic (exact) mass is 1910 g/mol. The van der Waals surface area contributed by atoms with Crippen LogP contribution in [0.2, 0.25) is 0 Å². The number of aromatic nitrogens is 2. The van der Waals surface area contributed by atoms with Crippen LogP contribution < -0.4 is 9.80 Å². The van der Waals surface area contributed by atoms with E-state index in [1.807, 2.05) is 22.7 Å². The molecule has 0 unspecified atom stereocenters. The second-order valence-corrected chi connectivity index (χ2v) is 41.5. The normalized spacial score (nSPS) is 12.8. The number of nitrogens with zero attached hydrogens (tertiary/aromatic N) is 4. The van der Waals surface area contributed by atoms with Crippen LogP contribution in [-0.2, 0) is 10.8 Å². The van der Waals surface area contributed by atoms with Crippen LogP contribution >= 0.6 is 22.7 Å². The smallest absolute Gasteiger partial charge is 0.0726 e. The Morgan fingerprint density at radius 2 is 0.459 bits per heavy atom. The van der Waals surface area contributed by atoms with Gasteiger partial charge in [-0.3, -0.25) is 0 Å². The lowest BCUT2D eigenvalue weighted by molar-refractivity contribution is 0.768. The van der Waals surface area contributed by atoms with Crippen LogP contribution in [0, 0.1) is 0 Å². The van der Waals surface area contributed by atoms with E-state index in [9.17, 15) is 0 Å². The number of hydrogen-bond acceptors (Lipinski definition) is 4. The lowest BCUT2D eigenvalue weighted by Gasteiger charge is -2.35. The largest absolute Gasteiger partial charge is 0.310 e. The molecule has 28 aromatic rings. The summed E-state index contributed by atoms with van der Waals surface area (Å²) >= 11 is 3.80. The Balaban J connectivity index is 0.000000137. The highest BCUT2D eigenvalue weighted by molar-refractivity contribution is 7.27. The quantitative estimate of drug-likeness (QED) is 0.108. The molecule has 0 bridgehead atoms. The summed E-state index contributed by atoms with van der Waals surface area (Å²) < 4.78 is 10.2. The first-order valence-corrected chi connectivity index (χ1v) is 52.7. The minimum atomic E-state index is -0.526. The summed E-state index contributed by atoms with van der Waals surface area (Å²) in [6, 6.07) is 203. The molecular formula is C142H90N4S2. The zero-order valence-electron chi connectivity index (χ0n) is 80.6. The van der Waals surface area contributed by atoms with Crippen molar-refractivity contribution in [3.8, 4) is 89.3 Å². The number of thiophene rings is 2. The number of rotatable bonds is 14. The molecule has 4 heterocycles. The maximum Gasteiger partial charge on any atom is 0.0726 e. The molecule has 3 aliphatic carbocycles. The van der Waals surface area contributed by atoms with Gasteiger partial charge in [-0.1, -0.05) is 425 Å². The Kier molecular flexibility index (Phi) is 19.6. The predicted molar refractivity (Wildman–Crippen MR) is 627 cm³/mol. The van der Waals surface area contributed by atoms with Crippen molar-refractivity contribution in [2.24, 2.45) is 0 Å². The van der Waals surface area contributed by atoms with Gasteiger partial charge in [0.25, 0.3) is 0 Å². The van der Waals surface area contributed by atoms with Gasteiger partial charge in [0.05, 0.1) is 44.3 Å². The standard InChI is InChI=1S/C71H44N2S.C71H46N2S/c1-2-17-45(18-3-1)46-33-37-49(38-34-46)72(51-41-42-56-55-24-8-13-29-63(55)71(64(56)43-51)61-27-11-6-22-53(61)54-23-7-12-28-62(54)71)50-39-35-48(36-40-50)59-44-60-57-25-9-14-30-66(57)73(65-31-16-20-47-19-4-5-21-52(47)65)69(60)68-58-26-10-15-32-67(58)74-70(59)68;1-4-19-47(20-5-1)48-35-39-53(40-36-48)72(55-43-44-58-57-28-12-15-31-63(57)71(64(58)45-55,51-23-6-2-7-24-51)52-25-8-3-9-26-52)54-41-37-50(38-42-54)61-46-62-59-29-13-16-32-66(59)73(65-33-18-22-49-21-10-11-27-56(49)65)69(62)68-60-30-14-17-34-67(60)74-70(61)68/h1-44H;1-46H. The summed E-state index contributed by atoms with van der Waals surface area (Å²) in [6.45, 7) is 0. The molecule has 0 fully saturated rings. The summed E-state index contributed by atoms with van der Waals surface area (Å²) in [4.78, 5) is 4.90. The van der Waals surface area contributed by atoms with Crippen molar-refractivity contribution in [2.45, 2.75) is 10.8 Å². The molecule has 0 saturated carbocycles. The van der Waals surface area contributed by atoms with Crippen molar-refractivity contribution >= 4 is 162 Å². The minimum Gasteiger partial charge on any atom is -0.310 e. The van der Waals surface area contributed by atoms with Gasteiger partial charge in [-0.15, -0.1) is 22.7 Å². The van der Waals surface area contributed by atoms with Gasteiger partial charge in [-0.25, -0.2) is 0 Å². The number of anilines is 6. The summed E-state index contributed by atoms with van der Waals surface area (Å²) in [5, 5.41) is 15.1. The molecule has 690 valence electrons. The Bertz CT molecular complexity index is 9610. The first kappa shape index (κ1) is 85.1. The highest BCUT2D eigenvalue weighted by Crippen LogP contribution is 2.65. The molecule has 0 atom stereocenters. The SMILES string of the molecule is c1ccc(-c2ccc(N(c3ccc(-c4cc5c6ccccc6n(-c6cccc7ccccc67)c5c5c4sc4ccccc45)cc3)c3ccc4c(c3)C(c3ccccc3)(c3ccccc3)c3ccccc3-4)cc2)cc1.c1ccc(-c2ccc(N(c3ccc(-c4cc5c6ccccc6n(-c6cccc7ccccc67)c5c5c4sc4ccccc45)cc3)c3ccc4c(c3)C3(c5ccccc5-c5ccccc53)c3ccccc3-4)cc2)cc1. The van der Waals surface area contributed by atoms with Gasteiger partial charge in [0, 0.05) is 118 Å². The minimum absolute atomic E-state index is 0.452. The molecule has 0 amide bonds. The van der Waals surface area contributed by atoms with Gasteiger partial charge >= 0.3 is 0 Å². The Labute approximate surface area is 865 Å². The van der Waals surface area contributed by atoms with E-state index in [1.165, 1.54) is 239 Å². The second-order valence-electron chi connectivity index (χ2n) is 39.4. The predicted octanol–water partition coefficient (Wildman–Crippen LogP) is 38.9. The average Bonchev–Trinajstić information content (AvgIpc) is 1.50. The van der Waals surface area contributed by atoms with Gasteiger partial charge in [0.1, 0.15) is 0 Å². The van der Waals surface area contributed by atoms with E-state index in [2.05, 4.69) is 565 Å². The van der Waals surface area contributed by atoms with Crippen LogP contribution in [0.3, 0.4) is 0 Å². The molecule has 1 spiro atoms. The molecule has 3 aliphatic rings. The molecule has 4 aromatic heterocycles. The van der Waals surface area contributed by atoms with E-state index in [0.29, 0.717) is 0 Å². The van der Waals surface area contributed by atoms with E-state index in [0.717, 1.165) is 34.1 Å². The molecule has 0 saturated heterocycles. The fourth-order valence-corrected chi connectivity index (χ4v) is 28.0. The Morgan fingerprint density at radius 3 is 0.851 bits per heavy atom. The van der Waals surface area contributed by atoms with Gasteiger partial charge in [0.2, 0.25) is 0 Å². The summed E-state index contributed by atoms with van der Waals surface area (Å²) in [5.74, 6) is 0. The third-order valence-corrected chi connectivity index (χ3v) is 34.3. The van der Waals surface area contributed by atoms with Crippen molar-refractivity contribution in [3.63, 3.8) is 0 Å². The summed E-state index contributed by atoms with van der Waals surface area (Å²) in [7, 11) is 0. The molecule has 4 nitrogen and oxygen atoms in total. The van der Waals surface area contributed by atoms with Gasteiger partial charge < -0.3 is 18.9 Å². The number of para-hydroxylation sites is 2. The molecule has 0 aliphatic heterocycles. The van der Waals surface area contributed by atoms with Crippen molar-refractivity contribution in [2.75, 3.05) is 9.80 Å². The fraction of sp³-hybridized carbons (Fsp3) is 0.0141. The Hall–Kier alpha value is -18.6. The topological polar surface area (TPSA) is 16.3 Å². The van der Waals surface area contributed by atoms with Crippen LogP contribution in [0.25, 0.3) is 195 Å². The number of fused-ring (bicyclic) bond motifs is 29. The molecule has 0 N–H and O–H groups in total. The van der Waals surface area contributed by atoms with Gasteiger partial charge in [0.15, 0.2) is 0 Å². The van der Waals surface area contributed by atoms with Crippen LogP contribution in [0.15, 0.2) is 546 Å². The van der Waals surface area contributed by atoms with E-state index in [1.54, 1.807) is 0 Å².